The number of fused-ring (bicyclic) bond motifs is 1. The SMILES string of the molecule is O=C(Oc1cnc2c(Cl)cccc2n1)n1ccc(C2CC2)n1. The van der Waals surface area contributed by atoms with Gasteiger partial charge in [-0.25, -0.2) is 14.8 Å². The number of hydrogen-bond donors (Lipinski definition) is 0. The molecule has 2 aromatic heterocycles. The van der Waals surface area contributed by atoms with Gasteiger partial charge in [0.2, 0.25) is 5.88 Å². The number of carbonyl (C=O) groups excluding carboxylic acids is 1. The topological polar surface area (TPSA) is 69.9 Å². The van der Waals surface area contributed by atoms with Crippen molar-refractivity contribution in [1.82, 2.24) is 19.7 Å². The lowest BCUT2D eigenvalue weighted by molar-refractivity contribution is 0.196. The molecule has 0 bridgehead atoms. The second kappa shape index (κ2) is 5.06. The van der Waals surface area contributed by atoms with E-state index in [1.54, 1.807) is 24.4 Å². The van der Waals surface area contributed by atoms with E-state index in [0.29, 0.717) is 22.0 Å². The molecule has 2 heterocycles. The molecule has 1 aliphatic rings. The zero-order chi connectivity index (χ0) is 15.1. The van der Waals surface area contributed by atoms with Crippen LogP contribution in [0, 0.1) is 0 Å². The lowest BCUT2D eigenvalue weighted by Crippen LogP contribution is -2.18. The van der Waals surface area contributed by atoms with Crippen molar-refractivity contribution in [2.24, 2.45) is 0 Å². The van der Waals surface area contributed by atoms with E-state index in [4.69, 9.17) is 16.3 Å². The third-order valence-electron chi connectivity index (χ3n) is 3.48. The van der Waals surface area contributed by atoms with Gasteiger partial charge in [-0.1, -0.05) is 17.7 Å². The lowest BCUT2D eigenvalue weighted by Gasteiger charge is -2.04. The molecular formula is C15H11ClN4O2. The molecule has 0 saturated heterocycles. The first-order valence-electron chi connectivity index (χ1n) is 6.90. The average Bonchev–Trinajstić information content (AvgIpc) is 3.24. The number of rotatable bonds is 2. The molecule has 1 saturated carbocycles. The summed E-state index contributed by atoms with van der Waals surface area (Å²) in [4.78, 5) is 20.5. The maximum atomic E-state index is 12.1. The van der Waals surface area contributed by atoms with Gasteiger partial charge >= 0.3 is 6.09 Å². The Morgan fingerprint density at radius 2 is 2.18 bits per heavy atom. The summed E-state index contributed by atoms with van der Waals surface area (Å²) in [6.07, 6.45) is 4.62. The Kier molecular flexibility index (Phi) is 3.04. The van der Waals surface area contributed by atoms with Crippen molar-refractivity contribution in [3.05, 3.63) is 47.4 Å². The molecule has 6 nitrogen and oxygen atoms in total. The fourth-order valence-electron chi connectivity index (χ4n) is 2.21. The Bertz CT molecular complexity index is 873. The van der Waals surface area contributed by atoms with Gasteiger partial charge < -0.3 is 4.74 Å². The fourth-order valence-corrected chi connectivity index (χ4v) is 2.43. The number of aromatic nitrogens is 4. The van der Waals surface area contributed by atoms with Crippen LogP contribution in [0.2, 0.25) is 5.02 Å². The van der Waals surface area contributed by atoms with Crippen LogP contribution in [0.15, 0.2) is 36.7 Å². The first-order chi connectivity index (χ1) is 10.7. The summed E-state index contributed by atoms with van der Waals surface area (Å²) >= 11 is 6.02. The van der Waals surface area contributed by atoms with Crippen molar-refractivity contribution < 1.29 is 9.53 Å². The minimum Gasteiger partial charge on any atom is -0.388 e. The van der Waals surface area contributed by atoms with E-state index in [9.17, 15) is 4.79 Å². The molecule has 22 heavy (non-hydrogen) atoms. The molecule has 4 rings (SSSR count). The minimum absolute atomic E-state index is 0.114. The van der Waals surface area contributed by atoms with Crippen LogP contribution in [-0.2, 0) is 0 Å². The van der Waals surface area contributed by atoms with Gasteiger partial charge in [0.15, 0.2) is 0 Å². The maximum Gasteiger partial charge on any atom is 0.441 e. The highest BCUT2D eigenvalue weighted by Gasteiger charge is 2.26. The van der Waals surface area contributed by atoms with Gasteiger partial charge in [-0.2, -0.15) is 9.78 Å². The first-order valence-corrected chi connectivity index (χ1v) is 7.27. The van der Waals surface area contributed by atoms with E-state index in [0.717, 1.165) is 18.5 Å². The molecule has 0 amide bonds. The van der Waals surface area contributed by atoms with Gasteiger partial charge in [-0.05, 0) is 31.0 Å². The van der Waals surface area contributed by atoms with Crippen LogP contribution < -0.4 is 4.74 Å². The van der Waals surface area contributed by atoms with Crippen LogP contribution in [-0.4, -0.2) is 25.8 Å². The molecule has 0 radical (unpaired) electrons. The number of carbonyl (C=O) groups is 1. The van der Waals surface area contributed by atoms with Crippen molar-refractivity contribution in [3.63, 3.8) is 0 Å². The molecule has 0 atom stereocenters. The molecule has 0 aliphatic heterocycles. The summed E-state index contributed by atoms with van der Waals surface area (Å²) in [5.41, 5.74) is 2.06. The van der Waals surface area contributed by atoms with Crippen LogP contribution in [0.1, 0.15) is 24.5 Å². The summed E-state index contributed by atoms with van der Waals surface area (Å²) in [6.45, 7) is 0. The Balaban J connectivity index is 1.57. The Hall–Kier alpha value is -2.47. The summed E-state index contributed by atoms with van der Waals surface area (Å²) in [5.74, 6) is 0.597. The number of para-hydroxylation sites is 1. The van der Waals surface area contributed by atoms with Crippen LogP contribution in [0.4, 0.5) is 4.79 Å². The first kappa shape index (κ1) is 13.2. The predicted molar refractivity (Wildman–Crippen MR) is 80.2 cm³/mol. The number of ether oxygens (including phenoxy) is 1. The maximum absolute atomic E-state index is 12.1. The smallest absolute Gasteiger partial charge is 0.388 e. The monoisotopic (exact) mass is 314 g/mol. The predicted octanol–water partition coefficient (Wildman–Crippen LogP) is 3.40. The molecule has 0 unspecified atom stereocenters. The van der Waals surface area contributed by atoms with Crippen LogP contribution in [0.5, 0.6) is 5.88 Å². The zero-order valence-electron chi connectivity index (χ0n) is 11.4. The molecule has 0 N–H and O–H groups in total. The second-order valence-corrected chi connectivity index (χ2v) is 5.55. The number of benzene rings is 1. The summed E-state index contributed by atoms with van der Waals surface area (Å²) in [6, 6.07) is 7.09. The van der Waals surface area contributed by atoms with Crippen molar-refractivity contribution in [1.29, 1.82) is 0 Å². The highest BCUT2D eigenvalue weighted by Crippen LogP contribution is 2.38. The van der Waals surface area contributed by atoms with E-state index in [1.807, 2.05) is 6.07 Å². The van der Waals surface area contributed by atoms with Gasteiger partial charge in [-0.3, -0.25) is 0 Å². The molecule has 1 aromatic carbocycles. The summed E-state index contributed by atoms with van der Waals surface area (Å²) < 4.78 is 6.38. The van der Waals surface area contributed by atoms with E-state index >= 15 is 0 Å². The second-order valence-electron chi connectivity index (χ2n) is 5.14. The van der Waals surface area contributed by atoms with Gasteiger partial charge in [-0.15, -0.1) is 0 Å². The highest BCUT2D eigenvalue weighted by atomic mass is 35.5. The standard InChI is InChI=1S/C15H11ClN4O2/c16-10-2-1-3-12-14(10)17-8-13(18-12)22-15(21)20-7-6-11(19-20)9-4-5-9/h1-3,6-9H,4-5H2. The van der Waals surface area contributed by atoms with Gasteiger partial charge in [0.1, 0.15) is 5.52 Å². The number of halogens is 1. The third kappa shape index (κ3) is 2.42. The van der Waals surface area contributed by atoms with E-state index in [-0.39, 0.29) is 5.88 Å². The quantitative estimate of drug-likeness (QED) is 0.725. The average molecular weight is 315 g/mol. The molecule has 7 heteroatoms. The molecule has 1 fully saturated rings. The van der Waals surface area contributed by atoms with Crippen LogP contribution in [0.25, 0.3) is 11.0 Å². The normalized spacial score (nSPS) is 14.2. The van der Waals surface area contributed by atoms with E-state index < -0.39 is 6.09 Å². The number of nitrogens with zero attached hydrogens (tertiary/aromatic N) is 4. The Morgan fingerprint density at radius 1 is 1.32 bits per heavy atom. The number of hydrogen-bond acceptors (Lipinski definition) is 5. The molecule has 1 aliphatic carbocycles. The summed E-state index contributed by atoms with van der Waals surface area (Å²) in [5, 5.41) is 4.72. The van der Waals surface area contributed by atoms with Crippen molar-refractivity contribution in [2.75, 3.05) is 0 Å². The summed E-state index contributed by atoms with van der Waals surface area (Å²) in [7, 11) is 0. The Morgan fingerprint density at radius 3 is 3.00 bits per heavy atom. The van der Waals surface area contributed by atoms with Crippen molar-refractivity contribution >= 4 is 28.7 Å². The van der Waals surface area contributed by atoms with Crippen LogP contribution in [0.3, 0.4) is 0 Å². The molecule has 3 aromatic rings. The minimum atomic E-state index is -0.609. The van der Waals surface area contributed by atoms with Gasteiger partial charge in [0.05, 0.1) is 22.4 Å². The highest BCUT2D eigenvalue weighted by molar-refractivity contribution is 6.34. The van der Waals surface area contributed by atoms with Crippen molar-refractivity contribution in [3.8, 4) is 5.88 Å². The van der Waals surface area contributed by atoms with Gasteiger partial charge in [0, 0.05) is 12.1 Å². The lowest BCUT2D eigenvalue weighted by atomic mass is 10.3. The van der Waals surface area contributed by atoms with Crippen LogP contribution >= 0.6 is 11.6 Å². The van der Waals surface area contributed by atoms with E-state index in [2.05, 4.69) is 15.1 Å². The zero-order valence-corrected chi connectivity index (χ0v) is 12.2. The van der Waals surface area contributed by atoms with E-state index in [1.165, 1.54) is 10.9 Å². The third-order valence-corrected chi connectivity index (χ3v) is 3.79. The van der Waals surface area contributed by atoms with Crippen molar-refractivity contribution in [2.45, 2.75) is 18.8 Å². The van der Waals surface area contributed by atoms with Gasteiger partial charge in [0.25, 0.3) is 0 Å². The fraction of sp³-hybridized carbons (Fsp3) is 0.200. The molecule has 0 spiro atoms. The Labute approximate surface area is 130 Å². The molecule has 110 valence electrons. The molecular weight excluding hydrogens is 304 g/mol. The largest absolute Gasteiger partial charge is 0.441 e.